The quantitative estimate of drug-likeness (QED) is 0.584. The summed E-state index contributed by atoms with van der Waals surface area (Å²) in [7, 11) is 0. The van der Waals surface area contributed by atoms with Crippen molar-refractivity contribution in [2.45, 2.75) is 22.6 Å². The van der Waals surface area contributed by atoms with Gasteiger partial charge in [-0.25, -0.2) is 8.78 Å². The van der Waals surface area contributed by atoms with Crippen LogP contribution in [0.25, 0.3) is 0 Å². The van der Waals surface area contributed by atoms with Crippen LogP contribution in [0.15, 0.2) is 28.0 Å². The number of hydrogen-bond donors (Lipinski definition) is 1. The van der Waals surface area contributed by atoms with Crippen molar-refractivity contribution in [1.29, 1.82) is 0 Å². The summed E-state index contributed by atoms with van der Waals surface area (Å²) in [4.78, 5) is 1.17. The zero-order chi connectivity index (χ0) is 10.1. The number of rotatable bonds is 2. The zero-order valence-electron chi connectivity index (χ0n) is 7.34. The van der Waals surface area contributed by atoms with E-state index in [2.05, 4.69) is 12.6 Å². The topological polar surface area (TPSA) is 0 Å². The van der Waals surface area contributed by atoms with E-state index >= 15 is 0 Å². The molecule has 1 rings (SSSR count). The van der Waals surface area contributed by atoms with E-state index in [1.165, 1.54) is 17.8 Å². The maximum atomic E-state index is 13.0. The average Bonchev–Trinajstić information content (AvgIpc) is 2.03. The Hall–Kier alpha value is -0.220. The molecule has 0 aromatic heterocycles. The highest BCUT2D eigenvalue weighted by molar-refractivity contribution is 7.98. The highest BCUT2D eigenvalue weighted by atomic mass is 32.2. The van der Waals surface area contributed by atoms with Crippen LogP contribution in [0.3, 0.4) is 0 Å². The molecule has 0 aliphatic heterocycles. The van der Waals surface area contributed by atoms with Gasteiger partial charge in [0.15, 0.2) is 0 Å². The Morgan fingerprint density at radius 1 is 1.38 bits per heavy atom. The lowest BCUT2D eigenvalue weighted by Crippen LogP contribution is -2.08. The number of benzene rings is 1. The summed E-state index contributed by atoms with van der Waals surface area (Å²) in [6.07, 6.45) is 1.78. The summed E-state index contributed by atoms with van der Waals surface area (Å²) >= 11 is 5.35. The van der Waals surface area contributed by atoms with Crippen molar-refractivity contribution < 1.29 is 8.78 Å². The highest BCUT2D eigenvalue weighted by Crippen LogP contribution is 2.35. The molecule has 13 heavy (non-hydrogen) atoms. The van der Waals surface area contributed by atoms with E-state index in [0.29, 0.717) is 9.79 Å². The van der Waals surface area contributed by atoms with E-state index in [9.17, 15) is 8.78 Å². The van der Waals surface area contributed by atoms with Crippen LogP contribution in [0.1, 0.15) is 12.5 Å². The second-order valence-corrected chi connectivity index (χ2v) is 4.14. The average molecular weight is 220 g/mol. The van der Waals surface area contributed by atoms with Gasteiger partial charge in [0, 0.05) is 22.3 Å². The van der Waals surface area contributed by atoms with Gasteiger partial charge in [0.05, 0.1) is 0 Å². The van der Waals surface area contributed by atoms with Crippen LogP contribution in [-0.2, 0) is 5.92 Å². The van der Waals surface area contributed by atoms with Gasteiger partial charge in [-0.2, -0.15) is 0 Å². The van der Waals surface area contributed by atoms with Gasteiger partial charge in [-0.3, -0.25) is 0 Å². The van der Waals surface area contributed by atoms with E-state index < -0.39 is 5.92 Å². The molecule has 72 valence electrons. The molecule has 0 aliphatic carbocycles. The Morgan fingerprint density at radius 3 is 2.46 bits per heavy atom. The molecule has 0 saturated heterocycles. The van der Waals surface area contributed by atoms with Crippen molar-refractivity contribution in [2.75, 3.05) is 6.26 Å². The molecule has 0 unspecified atom stereocenters. The van der Waals surface area contributed by atoms with Crippen molar-refractivity contribution >= 4 is 24.4 Å². The molecule has 0 fully saturated rings. The van der Waals surface area contributed by atoms with Crippen LogP contribution in [0.5, 0.6) is 0 Å². The molecule has 0 aliphatic rings. The predicted molar refractivity (Wildman–Crippen MR) is 55.0 cm³/mol. The smallest absolute Gasteiger partial charge is 0.202 e. The molecule has 0 radical (unpaired) electrons. The van der Waals surface area contributed by atoms with Gasteiger partial charge in [0.25, 0.3) is 5.92 Å². The standard InChI is InChI=1S/C9H10F2S2/c1-9(10,11)7-5-6(12)3-4-8(7)13-2/h3-5,12H,1-2H3. The van der Waals surface area contributed by atoms with Gasteiger partial charge in [-0.1, -0.05) is 0 Å². The lowest BCUT2D eigenvalue weighted by molar-refractivity contribution is 0.0144. The fourth-order valence-electron chi connectivity index (χ4n) is 1.04. The first-order valence-electron chi connectivity index (χ1n) is 3.70. The Bertz CT molecular complexity index is 305. The van der Waals surface area contributed by atoms with Gasteiger partial charge in [-0.05, 0) is 24.5 Å². The summed E-state index contributed by atoms with van der Waals surface area (Å²) in [6, 6.07) is 4.79. The van der Waals surface area contributed by atoms with Gasteiger partial charge in [0.2, 0.25) is 0 Å². The van der Waals surface area contributed by atoms with E-state index in [0.717, 1.165) is 6.92 Å². The van der Waals surface area contributed by atoms with E-state index in [1.54, 1.807) is 18.4 Å². The lowest BCUT2D eigenvalue weighted by atomic mass is 10.1. The second kappa shape index (κ2) is 3.88. The van der Waals surface area contributed by atoms with E-state index in [-0.39, 0.29) is 5.56 Å². The first-order chi connectivity index (χ1) is 5.95. The molecular weight excluding hydrogens is 210 g/mol. The molecule has 1 aromatic carbocycles. The van der Waals surface area contributed by atoms with Crippen LogP contribution in [0, 0.1) is 0 Å². The Labute approximate surface area is 86.1 Å². The third-order valence-electron chi connectivity index (χ3n) is 1.66. The fourth-order valence-corrected chi connectivity index (χ4v) is 1.90. The monoisotopic (exact) mass is 220 g/mol. The molecule has 0 atom stereocenters. The maximum Gasteiger partial charge on any atom is 0.271 e. The number of alkyl halides is 2. The highest BCUT2D eigenvalue weighted by Gasteiger charge is 2.27. The molecule has 1 aromatic rings. The summed E-state index contributed by atoms with van der Waals surface area (Å²) in [6.45, 7) is 0.898. The minimum atomic E-state index is -2.79. The van der Waals surface area contributed by atoms with Gasteiger partial charge in [0.1, 0.15) is 0 Å². The van der Waals surface area contributed by atoms with Crippen LogP contribution in [0.2, 0.25) is 0 Å². The van der Waals surface area contributed by atoms with Crippen LogP contribution in [0.4, 0.5) is 8.78 Å². The minimum Gasteiger partial charge on any atom is -0.202 e. The normalized spacial score (nSPS) is 11.8. The first-order valence-corrected chi connectivity index (χ1v) is 5.37. The molecular formula is C9H10F2S2. The predicted octanol–water partition coefficient (Wildman–Crippen LogP) is 3.81. The third kappa shape index (κ3) is 2.61. The molecule has 0 bridgehead atoms. The summed E-state index contributed by atoms with van der Waals surface area (Å²) in [5.74, 6) is -2.79. The third-order valence-corrected chi connectivity index (χ3v) is 2.73. The van der Waals surface area contributed by atoms with Crippen molar-refractivity contribution in [3.05, 3.63) is 23.8 Å². The van der Waals surface area contributed by atoms with Crippen molar-refractivity contribution in [3.8, 4) is 0 Å². The molecule has 0 heterocycles. The minimum absolute atomic E-state index is 0.0486. The number of thioether (sulfide) groups is 1. The Morgan fingerprint density at radius 2 is 2.00 bits per heavy atom. The number of halogens is 2. The van der Waals surface area contributed by atoms with Crippen LogP contribution < -0.4 is 0 Å². The molecule has 0 N–H and O–H groups in total. The second-order valence-electron chi connectivity index (χ2n) is 2.77. The first kappa shape index (κ1) is 10.9. The van der Waals surface area contributed by atoms with E-state index in [1.807, 2.05) is 0 Å². The summed E-state index contributed by atoms with van der Waals surface area (Å²) in [5, 5.41) is 0. The largest absolute Gasteiger partial charge is 0.271 e. The van der Waals surface area contributed by atoms with Gasteiger partial charge >= 0.3 is 0 Å². The van der Waals surface area contributed by atoms with Crippen molar-refractivity contribution in [3.63, 3.8) is 0 Å². The molecule has 0 spiro atoms. The Kier molecular flexibility index (Phi) is 3.24. The van der Waals surface area contributed by atoms with Gasteiger partial charge in [-0.15, -0.1) is 24.4 Å². The fraction of sp³-hybridized carbons (Fsp3) is 0.333. The van der Waals surface area contributed by atoms with Crippen molar-refractivity contribution in [1.82, 2.24) is 0 Å². The molecule has 0 amide bonds. The summed E-state index contributed by atoms with van der Waals surface area (Å²) in [5.41, 5.74) is 0.0486. The SMILES string of the molecule is CSc1ccc(S)cc1C(C)(F)F. The molecule has 4 heteroatoms. The zero-order valence-corrected chi connectivity index (χ0v) is 9.05. The van der Waals surface area contributed by atoms with Crippen LogP contribution >= 0.6 is 24.4 Å². The lowest BCUT2D eigenvalue weighted by Gasteiger charge is -2.14. The molecule has 0 saturated carbocycles. The van der Waals surface area contributed by atoms with E-state index in [4.69, 9.17) is 0 Å². The van der Waals surface area contributed by atoms with Crippen molar-refractivity contribution in [2.24, 2.45) is 0 Å². The Balaban J connectivity index is 3.24. The number of hydrogen-bond acceptors (Lipinski definition) is 2. The number of thiol groups is 1. The maximum absolute atomic E-state index is 13.0. The van der Waals surface area contributed by atoms with Gasteiger partial charge < -0.3 is 0 Å². The summed E-state index contributed by atoms with van der Waals surface area (Å²) < 4.78 is 26.1. The molecule has 0 nitrogen and oxygen atoms in total. The van der Waals surface area contributed by atoms with Crippen LogP contribution in [-0.4, -0.2) is 6.26 Å².